The molecule has 1 aliphatic heterocycles. The van der Waals surface area contributed by atoms with Gasteiger partial charge in [-0.05, 0) is 42.7 Å². The van der Waals surface area contributed by atoms with Gasteiger partial charge in [0.1, 0.15) is 10.6 Å². The number of carbonyl (C=O) groups is 1. The zero-order valence-electron chi connectivity index (χ0n) is 16.1. The number of urea groups is 1. The molecular formula is C20H24ClN3O4S. The van der Waals surface area contributed by atoms with Crippen LogP contribution in [0.2, 0.25) is 5.02 Å². The number of sulfonamides is 1. The molecule has 1 aliphatic rings. The van der Waals surface area contributed by atoms with Gasteiger partial charge in [-0.15, -0.1) is 0 Å². The van der Waals surface area contributed by atoms with Crippen molar-refractivity contribution in [2.24, 2.45) is 0 Å². The van der Waals surface area contributed by atoms with Gasteiger partial charge in [0.05, 0.1) is 12.1 Å². The molecule has 2 aromatic rings. The monoisotopic (exact) mass is 437 g/mol. The second-order valence-electron chi connectivity index (χ2n) is 6.78. The lowest BCUT2D eigenvalue weighted by atomic mass is 10.1. The molecule has 0 spiro atoms. The van der Waals surface area contributed by atoms with E-state index in [9.17, 15) is 13.2 Å². The summed E-state index contributed by atoms with van der Waals surface area (Å²) in [7, 11) is -2.03. The van der Waals surface area contributed by atoms with E-state index in [1.165, 1.54) is 10.4 Å². The van der Waals surface area contributed by atoms with Crippen LogP contribution in [0.4, 0.5) is 4.79 Å². The molecule has 2 amide bonds. The molecule has 3 rings (SSSR count). The number of nitrogens with one attached hydrogen (secondary N) is 2. The first-order valence-corrected chi connectivity index (χ1v) is 11.1. The van der Waals surface area contributed by atoms with E-state index in [0.29, 0.717) is 32.5 Å². The minimum absolute atomic E-state index is 0.0800. The van der Waals surface area contributed by atoms with Crippen LogP contribution in [0.5, 0.6) is 5.75 Å². The highest BCUT2D eigenvalue weighted by molar-refractivity contribution is 7.89. The quantitative estimate of drug-likeness (QED) is 0.727. The lowest BCUT2D eigenvalue weighted by Crippen LogP contribution is -2.48. The van der Waals surface area contributed by atoms with Crippen LogP contribution in [0, 0.1) is 0 Å². The Morgan fingerprint density at radius 3 is 2.41 bits per heavy atom. The Bertz CT molecular complexity index is 942. The van der Waals surface area contributed by atoms with Gasteiger partial charge < -0.3 is 15.4 Å². The van der Waals surface area contributed by atoms with Crippen LogP contribution in [-0.2, 0) is 16.6 Å². The molecule has 2 N–H and O–H groups in total. The maximum absolute atomic E-state index is 12.8. The summed E-state index contributed by atoms with van der Waals surface area (Å²) in [5.74, 6) is 0.761. The highest BCUT2D eigenvalue weighted by atomic mass is 35.5. The molecule has 0 atom stereocenters. The number of carbonyl (C=O) groups excluding carboxylic acids is 1. The van der Waals surface area contributed by atoms with Crippen molar-refractivity contribution in [1.82, 2.24) is 14.9 Å². The number of methoxy groups -OCH3 is 1. The number of nitrogens with zero attached hydrogens (tertiary/aromatic N) is 1. The molecule has 1 saturated heterocycles. The fraction of sp³-hybridized carbons (Fsp3) is 0.350. The van der Waals surface area contributed by atoms with Crippen molar-refractivity contribution in [1.29, 1.82) is 0 Å². The van der Waals surface area contributed by atoms with Crippen LogP contribution >= 0.6 is 11.6 Å². The summed E-state index contributed by atoms with van der Waals surface area (Å²) in [5.41, 5.74) is 0.960. The molecular weight excluding hydrogens is 414 g/mol. The van der Waals surface area contributed by atoms with Gasteiger partial charge in [-0.1, -0.05) is 35.9 Å². The molecule has 1 heterocycles. The number of benzene rings is 2. The molecule has 7 nitrogen and oxygen atoms in total. The van der Waals surface area contributed by atoms with Gasteiger partial charge in [0, 0.05) is 25.7 Å². The van der Waals surface area contributed by atoms with Crippen molar-refractivity contribution >= 4 is 27.7 Å². The third-order valence-corrected chi connectivity index (χ3v) is 7.25. The minimum Gasteiger partial charge on any atom is -0.497 e. The van der Waals surface area contributed by atoms with Crippen molar-refractivity contribution in [3.05, 3.63) is 59.1 Å². The van der Waals surface area contributed by atoms with Crippen molar-refractivity contribution in [3.63, 3.8) is 0 Å². The molecule has 156 valence electrons. The van der Waals surface area contributed by atoms with Crippen LogP contribution in [0.25, 0.3) is 0 Å². The lowest BCUT2D eigenvalue weighted by molar-refractivity contribution is 0.227. The van der Waals surface area contributed by atoms with E-state index in [1.807, 2.05) is 24.3 Å². The van der Waals surface area contributed by atoms with E-state index in [4.69, 9.17) is 16.3 Å². The lowest BCUT2D eigenvalue weighted by Gasteiger charge is -2.31. The fourth-order valence-electron chi connectivity index (χ4n) is 3.20. The Hall–Kier alpha value is -2.29. The molecule has 0 aliphatic carbocycles. The van der Waals surface area contributed by atoms with Gasteiger partial charge in [0.2, 0.25) is 10.0 Å². The third kappa shape index (κ3) is 5.41. The van der Waals surface area contributed by atoms with Crippen LogP contribution in [0.3, 0.4) is 0 Å². The molecule has 29 heavy (non-hydrogen) atoms. The van der Waals surface area contributed by atoms with E-state index < -0.39 is 10.0 Å². The van der Waals surface area contributed by atoms with E-state index >= 15 is 0 Å². The first-order valence-electron chi connectivity index (χ1n) is 9.32. The van der Waals surface area contributed by atoms with Gasteiger partial charge in [0.25, 0.3) is 0 Å². The van der Waals surface area contributed by atoms with Crippen LogP contribution in [-0.4, -0.2) is 45.0 Å². The summed E-state index contributed by atoms with van der Waals surface area (Å²) < 4.78 is 32.1. The molecule has 0 radical (unpaired) electrons. The molecule has 1 fully saturated rings. The number of hydrogen-bond acceptors (Lipinski definition) is 4. The third-order valence-electron chi connectivity index (χ3n) is 4.86. The summed E-state index contributed by atoms with van der Waals surface area (Å²) in [6, 6.07) is 13.5. The Labute approximate surface area is 176 Å². The van der Waals surface area contributed by atoms with Gasteiger partial charge in [-0.2, -0.15) is 4.31 Å². The van der Waals surface area contributed by atoms with Gasteiger partial charge in [0.15, 0.2) is 0 Å². The topological polar surface area (TPSA) is 87.7 Å². The summed E-state index contributed by atoms with van der Waals surface area (Å²) in [4.78, 5) is 12.3. The average Bonchev–Trinajstić information content (AvgIpc) is 2.73. The zero-order valence-corrected chi connectivity index (χ0v) is 17.7. The standard InChI is InChI=1S/C20H24ClN3O4S/c1-28-17-8-6-15(7-9-17)14-22-20(25)23-16-10-12-24(13-11-16)29(26,27)19-5-3-2-4-18(19)21/h2-9,16H,10-14H2,1H3,(H2,22,23,25). The van der Waals surface area contributed by atoms with Crippen molar-refractivity contribution in [2.75, 3.05) is 20.2 Å². The number of amides is 2. The molecule has 9 heteroatoms. The maximum Gasteiger partial charge on any atom is 0.315 e. The Morgan fingerprint density at radius 2 is 1.79 bits per heavy atom. The fourth-order valence-corrected chi connectivity index (χ4v) is 5.16. The minimum atomic E-state index is -3.63. The van der Waals surface area contributed by atoms with Crippen molar-refractivity contribution < 1.29 is 17.9 Å². The maximum atomic E-state index is 12.8. The first kappa shape index (κ1) is 21.4. The van der Waals surface area contributed by atoms with Crippen LogP contribution < -0.4 is 15.4 Å². The number of ether oxygens (including phenoxy) is 1. The second kappa shape index (κ2) is 9.47. The normalized spacial score (nSPS) is 15.7. The Kier molecular flexibility index (Phi) is 7.00. The highest BCUT2D eigenvalue weighted by Gasteiger charge is 2.31. The number of hydrogen-bond donors (Lipinski definition) is 2. The number of rotatable bonds is 6. The van der Waals surface area contributed by atoms with Crippen molar-refractivity contribution in [3.8, 4) is 5.75 Å². The largest absolute Gasteiger partial charge is 0.497 e. The molecule has 0 saturated carbocycles. The average molecular weight is 438 g/mol. The summed E-state index contributed by atoms with van der Waals surface area (Å²) >= 11 is 6.05. The van der Waals surface area contributed by atoms with Crippen LogP contribution in [0.1, 0.15) is 18.4 Å². The van der Waals surface area contributed by atoms with E-state index in [0.717, 1.165) is 11.3 Å². The number of halogens is 1. The van der Waals surface area contributed by atoms with Gasteiger partial charge in [-0.3, -0.25) is 0 Å². The predicted octanol–water partition coefficient (Wildman–Crippen LogP) is 3.00. The Morgan fingerprint density at radius 1 is 1.14 bits per heavy atom. The van der Waals surface area contributed by atoms with E-state index in [1.54, 1.807) is 25.3 Å². The molecule has 0 unspecified atom stereocenters. The zero-order chi connectivity index (χ0) is 20.9. The summed E-state index contributed by atoms with van der Waals surface area (Å²) in [6.07, 6.45) is 1.08. The molecule has 2 aromatic carbocycles. The summed E-state index contributed by atoms with van der Waals surface area (Å²) in [6.45, 7) is 1.06. The van der Waals surface area contributed by atoms with E-state index in [-0.39, 0.29) is 22.0 Å². The second-order valence-corrected chi connectivity index (χ2v) is 9.10. The molecule has 0 bridgehead atoms. The number of piperidine rings is 1. The Balaban J connectivity index is 1.48. The first-order chi connectivity index (χ1) is 13.9. The SMILES string of the molecule is COc1ccc(CNC(=O)NC2CCN(S(=O)(=O)c3ccccc3Cl)CC2)cc1. The molecule has 0 aromatic heterocycles. The van der Waals surface area contributed by atoms with Crippen molar-refractivity contribution in [2.45, 2.75) is 30.3 Å². The van der Waals surface area contributed by atoms with Gasteiger partial charge in [-0.25, -0.2) is 13.2 Å². The highest BCUT2D eigenvalue weighted by Crippen LogP contribution is 2.26. The predicted molar refractivity (Wildman–Crippen MR) is 112 cm³/mol. The van der Waals surface area contributed by atoms with Gasteiger partial charge >= 0.3 is 6.03 Å². The smallest absolute Gasteiger partial charge is 0.315 e. The summed E-state index contributed by atoms with van der Waals surface area (Å²) in [5, 5.41) is 5.94. The van der Waals surface area contributed by atoms with Crippen LogP contribution in [0.15, 0.2) is 53.4 Å². The van der Waals surface area contributed by atoms with E-state index in [2.05, 4.69) is 10.6 Å².